The van der Waals surface area contributed by atoms with Gasteiger partial charge in [0, 0.05) is 4.47 Å². The van der Waals surface area contributed by atoms with Gasteiger partial charge < -0.3 is 15.0 Å². The molecule has 0 aliphatic heterocycles. The van der Waals surface area contributed by atoms with Crippen LogP contribution in [-0.2, 0) is 0 Å². The molecule has 4 nitrogen and oxygen atoms in total. The Bertz CT molecular complexity index is 779. The number of halogens is 2. The van der Waals surface area contributed by atoms with Gasteiger partial charge in [-0.1, -0.05) is 17.3 Å². The van der Waals surface area contributed by atoms with Gasteiger partial charge in [0.05, 0.1) is 21.3 Å². The number of rotatable bonds is 3. The molecule has 3 aromatic rings. The maximum Gasteiger partial charge on any atom is 0.186 e. The van der Waals surface area contributed by atoms with Gasteiger partial charge in [-0.15, -0.1) is 11.3 Å². The first kappa shape index (κ1) is 14.6. The van der Waals surface area contributed by atoms with E-state index in [1.807, 2.05) is 30.3 Å². The van der Waals surface area contributed by atoms with Gasteiger partial charge in [0.15, 0.2) is 11.6 Å². The molecule has 108 valence electrons. The molecule has 1 aromatic carbocycles. The van der Waals surface area contributed by atoms with Crippen molar-refractivity contribution in [1.29, 1.82) is 0 Å². The van der Waals surface area contributed by atoms with Crippen LogP contribution in [-0.4, -0.2) is 12.3 Å². The molecule has 0 saturated carbocycles. The van der Waals surface area contributed by atoms with Crippen molar-refractivity contribution in [2.45, 2.75) is 0 Å². The van der Waals surface area contributed by atoms with E-state index in [-0.39, 0.29) is 0 Å². The largest absolute Gasteiger partial charge is 0.497 e. The number of ether oxygens (including phenoxy) is 1. The van der Waals surface area contributed by atoms with Crippen LogP contribution in [0.25, 0.3) is 21.8 Å². The van der Waals surface area contributed by atoms with Crippen molar-refractivity contribution in [3.05, 3.63) is 38.6 Å². The van der Waals surface area contributed by atoms with E-state index in [2.05, 4.69) is 37.0 Å². The minimum absolute atomic E-state index is 0.360. The SMILES string of the molecule is COc1cccc(-c2c(N)noc2-c2cc(Br)c(Br)s2)c1. The van der Waals surface area contributed by atoms with Crippen LogP contribution in [0.3, 0.4) is 0 Å². The van der Waals surface area contributed by atoms with Crippen molar-refractivity contribution in [1.82, 2.24) is 5.16 Å². The summed E-state index contributed by atoms with van der Waals surface area (Å²) in [5.74, 6) is 1.77. The van der Waals surface area contributed by atoms with Crippen molar-refractivity contribution in [3.8, 4) is 27.5 Å². The average Bonchev–Trinajstić information content (AvgIpc) is 3.02. The molecule has 7 heteroatoms. The summed E-state index contributed by atoms with van der Waals surface area (Å²) in [5, 5.41) is 3.90. The number of anilines is 1. The zero-order chi connectivity index (χ0) is 15.0. The summed E-state index contributed by atoms with van der Waals surface area (Å²) in [7, 11) is 1.63. The highest BCUT2D eigenvalue weighted by Gasteiger charge is 2.20. The predicted molar refractivity (Wildman–Crippen MR) is 91.6 cm³/mol. The highest BCUT2D eigenvalue weighted by atomic mass is 79.9. The minimum Gasteiger partial charge on any atom is -0.497 e. The third-order valence-electron chi connectivity index (χ3n) is 2.95. The van der Waals surface area contributed by atoms with Crippen LogP contribution in [0.15, 0.2) is 43.1 Å². The van der Waals surface area contributed by atoms with Crippen molar-refractivity contribution >= 4 is 49.0 Å². The number of nitrogens with two attached hydrogens (primary N) is 1. The Balaban J connectivity index is 2.16. The monoisotopic (exact) mass is 428 g/mol. The lowest BCUT2D eigenvalue weighted by Crippen LogP contribution is -1.89. The highest BCUT2D eigenvalue weighted by molar-refractivity contribution is 9.13. The Morgan fingerprint density at radius 3 is 2.76 bits per heavy atom. The van der Waals surface area contributed by atoms with Crippen LogP contribution < -0.4 is 10.5 Å². The van der Waals surface area contributed by atoms with Gasteiger partial charge in [-0.25, -0.2) is 0 Å². The van der Waals surface area contributed by atoms with Crippen molar-refractivity contribution in [2.75, 3.05) is 12.8 Å². The number of methoxy groups -OCH3 is 1. The lowest BCUT2D eigenvalue weighted by atomic mass is 10.0. The lowest BCUT2D eigenvalue weighted by molar-refractivity contribution is 0.415. The maximum absolute atomic E-state index is 5.98. The summed E-state index contributed by atoms with van der Waals surface area (Å²) in [6.07, 6.45) is 0. The van der Waals surface area contributed by atoms with Gasteiger partial charge in [-0.3, -0.25) is 0 Å². The number of benzene rings is 1. The van der Waals surface area contributed by atoms with E-state index in [4.69, 9.17) is 15.0 Å². The van der Waals surface area contributed by atoms with Gasteiger partial charge in [-0.05, 0) is 55.6 Å². The smallest absolute Gasteiger partial charge is 0.186 e. The van der Waals surface area contributed by atoms with Gasteiger partial charge in [0.1, 0.15) is 5.75 Å². The molecular weight excluding hydrogens is 420 g/mol. The Hall–Kier alpha value is -1.31. The highest BCUT2D eigenvalue weighted by Crippen LogP contribution is 2.44. The fourth-order valence-electron chi connectivity index (χ4n) is 1.99. The second-order valence-electron chi connectivity index (χ2n) is 4.24. The number of hydrogen-bond donors (Lipinski definition) is 1. The summed E-state index contributed by atoms with van der Waals surface area (Å²) in [6.45, 7) is 0. The normalized spacial score (nSPS) is 10.8. The molecule has 0 bridgehead atoms. The molecule has 0 atom stereocenters. The summed E-state index contributed by atoms with van der Waals surface area (Å²) in [4.78, 5) is 0.941. The number of aromatic nitrogens is 1. The maximum atomic E-state index is 5.98. The molecule has 0 aliphatic rings. The first-order chi connectivity index (χ1) is 10.1. The molecule has 2 N–H and O–H groups in total. The van der Waals surface area contributed by atoms with E-state index in [1.165, 1.54) is 0 Å². The molecule has 0 fully saturated rings. The van der Waals surface area contributed by atoms with Gasteiger partial charge in [0.2, 0.25) is 0 Å². The summed E-state index contributed by atoms with van der Waals surface area (Å²) < 4.78 is 12.6. The van der Waals surface area contributed by atoms with E-state index in [1.54, 1.807) is 18.4 Å². The van der Waals surface area contributed by atoms with Crippen molar-refractivity contribution in [2.24, 2.45) is 0 Å². The van der Waals surface area contributed by atoms with Crippen LogP contribution in [0.2, 0.25) is 0 Å². The Morgan fingerprint density at radius 2 is 2.10 bits per heavy atom. The predicted octanol–water partition coefficient (Wildman–Crippen LogP) is 5.19. The molecule has 2 heterocycles. The fourth-order valence-corrected chi connectivity index (χ4v) is 4.01. The molecular formula is C14H10Br2N2O2S. The Labute approximate surface area is 142 Å². The van der Waals surface area contributed by atoms with Gasteiger partial charge in [-0.2, -0.15) is 0 Å². The first-order valence-corrected chi connectivity index (χ1v) is 8.35. The number of nitrogens with zero attached hydrogens (tertiary/aromatic N) is 1. The molecule has 0 radical (unpaired) electrons. The molecule has 0 amide bonds. The second kappa shape index (κ2) is 5.82. The average molecular weight is 430 g/mol. The zero-order valence-electron chi connectivity index (χ0n) is 10.9. The third-order valence-corrected chi connectivity index (χ3v) is 6.20. The molecule has 0 spiro atoms. The van der Waals surface area contributed by atoms with E-state index in [0.29, 0.717) is 11.6 Å². The summed E-state index contributed by atoms with van der Waals surface area (Å²) in [5.41, 5.74) is 7.66. The third kappa shape index (κ3) is 2.73. The van der Waals surface area contributed by atoms with Crippen LogP contribution in [0.1, 0.15) is 0 Å². The van der Waals surface area contributed by atoms with Crippen molar-refractivity contribution in [3.63, 3.8) is 0 Å². The number of thiophene rings is 1. The topological polar surface area (TPSA) is 61.3 Å². The molecule has 2 aromatic heterocycles. The Kier molecular flexibility index (Phi) is 4.05. The second-order valence-corrected chi connectivity index (χ2v) is 7.46. The van der Waals surface area contributed by atoms with Crippen LogP contribution in [0.4, 0.5) is 5.82 Å². The van der Waals surface area contributed by atoms with Crippen molar-refractivity contribution < 1.29 is 9.26 Å². The molecule has 0 saturated heterocycles. The Morgan fingerprint density at radius 1 is 1.29 bits per heavy atom. The van der Waals surface area contributed by atoms with Crippen LogP contribution in [0, 0.1) is 0 Å². The molecule has 3 rings (SSSR count). The van der Waals surface area contributed by atoms with Gasteiger partial charge in [0.25, 0.3) is 0 Å². The number of nitrogen functional groups attached to an aromatic ring is 1. The van der Waals surface area contributed by atoms with E-state index >= 15 is 0 Å². The quantitative estimate of drug-likeness (QED) is 0.622. The zero-order valence-corrected chi connectivity index (χ0v) is 14.9. The standard InChI is InChI=1S/C14H10Br2N2O2S/c1-19-8-4-2-3-7(5-8)11-12(20-18-14(11)17)10-6-9(15)13(16)21-10/h2-6H,1H3,(H2,17,18). The van der Waals surface area contributed by atoms with Crippen LogP contribution in [0.5, 0.6) is 5.75 Å². The van der Waals surface area contributed by atoms with E-state index < -0.39 is 0 Å². The van der Waals surface area contributed by atoms with E-state index in [0.717, 1.165) is 30.0 Å². The molecule has 0 unspecified atom stereocenters. The van der Waals surface area contributed by atoms with E-state index in [9.17, 15) is 0 Å². The minimum atomic E-state index is 0.360. The first-order valence-electron chi connectivity index (χ1n) is 5.95. The number of hydrogen-bond acceptors (Lipinski definition) is 5. The summed E-state index contributed by atoms with van der Waals surface area (Å²) in [6, 6.07) is 9.62. The summed E-state index contributed by atoms with van der Waals surface area (Å²) >= 11 is 8.50. The van der Waals surface area contributed by atoms with Gasteiger partial charge >= 0.3 is 0 Å². The molecule has 21 heavy (non-hydrogen) atoms. The lowest BCUT2D eigenvalue weighted by Gasteiger charge is -2.04. The fraction of sp³-hybridized carbons (Fsp3) is 0.0714. The van der Waals surface area contributed by atoms with Crippen LogP contribution >= 0.6 is 43.2 Å². The molecule has 0 aliphatic carbocycles.